The highest BCUT2D eigenvalue weighted by Gasteiger charge is 2.40. The SMILES string of the molecule is CC(C)(C)OC(=O)N1CC2CCC(NCCC3CCOC3)CC2C1. The molecular weight excluding hydrogens is 304 g/mol. The molecule has 0 radical (unpaired) electrons. The normalized spacial score (nSPS) is 33.5. The molecular formula is C19H34N2O3. The number of carbonyl (C=O) groups excluding carboxylic acids is 1. The van der Waals surface area contributed by atoms with E-state index in [1.165, 1.54) is 32.1 Å². The predicted molar refractivity (Wildman–Crippen MR) is 94.0 cm³/mol. The third-order valence-electron chi connectivity index (χ3n) is 5.71. The Labute approximate surface area is 146 Å². The maximum absolute atomic E-state index is 12.3. The molecule has 5 heteroatoms. The van der Waals surface area contributed by atoms with Gasteiger partial charge in [0.15, 0.2) is 0 Å². The Balaban J connectivity index is 1.40. The van der Waals surface area contributed by atoms with Crippen LogP contribution in [0, 0.1) is 17.8 Å². The lowest BCUT2D eigenvalue weighted by molar-refractivity contribution is 0.0284. The van der Waals surface area contributed by atoms with Gasteiger partial charge in [0, 0.05) is 32.3 Å². The molecule has 1 saturated carbocycles. The van der Waals surface area contributed by atoms with Crippen molar-refractivity contribution in [1.82, 2.24) is 10.2 Å². The molecule has 2 heterocycles. The number of rotatable bonds is 4. The van der Waals surface area contributed by atoms with Crippen molar-refractivity contribution < 1.29 is 14.3 Å². The Hall–Kier alpha value is -0.810. The van der Waals surface area contributed by atoms with Gasteiger partial charge in [-0.1, -0.05) is 0 Å². The van der Waals surface area contributed by atoms with Gasteiger partial charge in [0.2, 0.25) is 0 Å². The smallest absolute Gasteiger partial charge is 0.410 e. The van der Waals surface area contributed by atoms with Crippen LogP contribution in [0.4, 0.5) is 4.79 Å². The van der Waals surface area contributed by atoms with Gasteiger partial charge in [-0.3, -0.25) is 0 Å². The first-order valence-electron chi connectivity index (χ1n) is 9.70. The summed E-state index contributed by atoms with van der Waals surface area (Å²) in [5.74, 6) is 2.06. The van der Waals surface area contributed by atoms with Crippen molar-refractivity contribution in [3.05, 3.63) is 0 Å². The van der Waals surface area contributed by atoms with Gasteiger partial charge < -0.3 is 19.7 Å². The van der Waals surface area contributed by atoms with Gasteiger partial charge in [-0.2, -0.15) is 0 Å². The molecule has 0 bridgehead atoms. The molecule has 3 rings (SSSR count). The number of fused-ring (bicyclic) bond motifs is 1. The van der Waals surface area contributed by atoms with Crippen molar-refractivity contribution in [1.29, 1.82) is 0 Å². The summed E-state index contributed by atoms with van der Waals surface area (Å²) in [6.07, 6.45) is 5.99. The van der Waals surface area contributed by atoms with Gasteiger partial charge in [0.05, 0.1) is 0 Å². The standard InChI is InChI=1S/C19H34N2O3/c1-19(2,3)24-18(22)21-11-15-4-5-17(10-16(15)12-21)20-8-6-14-7-9-23-13-14/h14-17,20H,4-13H2,1-3H3. The van der Waals surface area contributed by atoms with E-state index in [2.05, 4.69) is 5.32 Å². The van der Waals surface area contributed by atoms with Crippen molar-refractivity contribution in [2.45, 2.75) is 64.5 Å². The highest BCUT2D eigenvalue weighted by molar-refractivity contribution is 5.68. The van der Waals surface area contributed by atoms with Crippen molar-refractivity contribution in [2.75, 3.05) is 32.8 Å². The van der Waals surface area contributed by atoms with Crippen LogP contribution in [0.15, 0.2) is 0 Å². The number of hydrogen-bond donors (Lipinski definition) is 1. The van der Waals surface area contributed by atoms with Crippen LogP contribution in [0.25, 0.3) is 0 Å². The predicted octanol–water partition coefficient (Wildman–Crippen LogP) is 3.04. The van der Waals surface area contributed by atoms with E-state index in [4.69, 9.17) is 9.47 Å². The first-order valence-corrected chi connectivity index (χ1v) is 9.70. The molecule has 1 amide bonds. The Bertz CT molecular complexity index is 429. The molecule has 3 fully saturated rings. The van der Waals surface area contributed by atoms with Crippen molar-refractivity contribution >= 4 is 6.09 Å². The lowest BCUT2D eigenvalue weighted by Crippen LogP contribution is -2.38. The summed E-state index contributed by atoms with van der Waals surface area (Å²) in [7, 11) is 0. The Kier molecular flexibility index (Phi) is 5.70. The van der Waals surface area contributed by atoms with E-state index in [-0.39, 0.29) is 6.09 Å². The minimum absolute atomic E-state index is 0.136. The van der Waals surface area contributed by atoms with Crippen LogP contribution in [0.2, 0.25) is 0 Å². The molecule has 4 unspecified atom stereocenters. The molecule has 0 aromatic heterocycles. The molecule has 3 aliphatic rings. The zero-order valence-corrected chi connectivity index (χ0v) is 15.6. The Morgan fingerprint density at radius 3 is 2.71 bits per heavy atom. The molecule has 24 heavy (non-hydrogen) atoms. The molecule has 0 aromatic rings. The molecule has 2 aliphatic heterocycles. The number of amides is 1. The van der Waals surface area contributed by atoms with E-state index in [0.29, 0.717) is 17.9 Å². The van der Waals surface area contributed by atoms with E-state index < -0.39 is 5.60 Å². The average Bonchev–Trinajstić information content (AvgIpc) is 3.13. The van der Waals surface area contributed by atoms with Gasteiger partial charge in [-0.25, -0.2) is 4.79 Å². The number of nitrogens with one attached hydrogen (secondary N) is 1. The molecule has 1 N–H and O–H groups in total. The lowest BCUT2D eigenvalue weighted by Gasteiger charge is -2.31. The second-order valence-electron chi connectivity index (χ2n) is 8.89. The van der Waals surface area contributed by atoms with Gasteiger partial charge in [-0.05, 0) is 77.2 Å². The molecule has 0 spiro atoms. The first kappa shape index (κ1) is 18.0. The summed E-state index contributed by atoms with van der Waals surface area (Å²) < 4.78 is 11.0. The quantitative estimate of drug-likeness (QED) is 0.856. The molecule has 2 saturated heterocycles. The van der Waals surface area contributed by atoms with Gasteiger partial charge in [0.25, 0.3) is 0 Å². The van der Waals surface area contributed by atoms with Gasteiger partial charge in [-0.15, -0.1) is 0 Å². The summed E-state index contributed by atoms with van der Waals surface area (Å²) in [4.78, 5) is 14.2. The largest absolute Gasteiger partial charge is 0.444 e. The van der Waals surface area contributed by atoms with Crippen LogP contribution in [0.1, 0.15) is 52.9 Å². The van der Waals surface area contributed by atoms with Crippen LogP contribution >= 0.6 is 0 Å². The minimum Gasteiger partial charge on any atom is -0.444 e. The van der Waals surface area contributed by atoms with E-state index >= 15 is 0 Å². The second kappa shape index (κ2) is 7.61. The summed E-state index contributed by atoms with van der Waals surface area (Å²) in [6.45, 7) is 10.5. The second-order valence-corrected chi connectivity index (χ2v) is 8.89. The molecule has 5 nitrogen and oxygen atoms in total. The van der Waals surface area contributed by atoms with E-state index in [1.54, 1.807) is 0 Å². The third kappa shape index (κ3) is 4.85. The fourth-order valence-electron chi connectivity index (χ4n) is 4.39. The average molecular weight is 338 g/mol. The number of ether oxygens (including phenoxy) is 2. The van der Waals surface area contributed by atoms with Crippen LogP contribution in [-0.2, 0) is 9.47 Å². The molecule has 4 atom stereocenters. The molecule has 138 valence electrons. The summed E-state index contributed by atoms with van der Waals surface area (Å²) in [5, 5.41) is 3.75. The minimum atomic E-state index is -0.404. The molecule has 0 aromatic carbocycles. The zero-order valence-electron chi connectivity index (χ0n) is 15.6. The fourth-order valence-corrected chi connectivity index (χ4v) is 4.39. The summed E-state index contributed by atoms with van der Waals surface area (Å²) >= 11 is 0. The van der Waals surface area contributed by atoms with Crippen molar-refractivity contribution in [3.63, 3.8) is 0 Å². The first-order chi connectivity index (χ1) is 11.4. The Morgan fingerprint density at radius 1 is 1.21 bits per heavy atom. The lowest BCUT2D eigenvalue weighted by atomic mass is 9.79. The summed E-state index contributed by atoms with van der Waals surface area (Å²) in [5.41, 5.74) is -0.404. The van der Waals surface area contributed by atoms with Crippen LogP contribution < -0.4 is 5.32 Å². The highest BCUT2D eigenvalue weighted by atomic mass is 16.6. The van der Waals surface area contributed by atoms with Crippen LogP contribution in [-0.4, -0.2) is 55.5 Å². The Morgan fingerprint density at radius 2 is 2.00 bits per heavy atom. The number of nitrogens with zero attached hydrogens (tertiary/aromatic N) is 1. The van der Waals surface area contributed by atoms with Crippen LogP contribution in [0.3, 0.4) is 0 Å². The maximum atomic E-state index is 12.3. The highest BCUT2D eigenvalue weighted by Crippen LogP contribution is 2.36. The number of carbonyl (C=O) groups is 1. The maximum Gasteiger partial charge on any atom is 0.410 e. The van der Waals surface area contributed by atoms with Gasteiger partial charge >= 0.3 is 6.09 Å². The van der Waals surface area contributed by atoms with Crippen molar-refractivity contribution in [3.8, 4) is 0 Å². The van der Waals surface area contributed by atoms with E-state index in [9.17, 15) is 4.79 Å². The fraction of sp³-hybridized carbons (Fsp3) is 0.947. The zero-order chi connectivity index (χ0) is 17.2. The van der Waals surface area contributed by atoms with Gasteiger partial charge in [0.1, 0.15) is 5.60 Å². The number of hydrogen-bond acceptors (Lipinski definition) is 4. The molecule has 1 aliphatic carbocycles. The van der Waals surface area contributed by atoms with E-state index in [1.807, 2.05) is 25.7 Å². The van der Waals surface area contributed by atoms with Crippen molar-refractivity contribution in [2.24, 2.45) is 17.8 Å². The third-order valence-corrected chi connectivity index (χ3v) is 5.71. The number of likely N-dealkylation sites (tertiary alicyclic amines) is 1. The van der Waals surface area contributed by atoms with E-state index in [0.717, 1.165) is 38.8 Å². The topological polar surface area (TPSA) is 50.8 Å². The van der Waals surface area contributed by atoms with Crippen LogP contribution in [0.5, 0.6) is 0 Å². The summed E-state index contributed by atoms with van der Waals surface area (Å²) in [6, 6.07) is 0.618. The monoisotopic (exact) mass is 338 g/mol.